The van der Waals surface area contributed by atoms with Crippen LogP contribution in [0.25, 0.3) is 54.6 Å². The van der Waals surface area contributed by atoms with Gasteiger partial charge in [-0.25, -0.2) is 0 Å². The number of anilines is 6. The summed E-state index contributed by atoms with van der Waals surface area (Å²) in [6.45, 7) is 4.71. The highest BCUT2D eigenvalue weighted by molar-refractivity contribution is 6.17. The van der Waals surface area contributed by atoms with Gasteiger partial charge in [-0.05, 0) is 129 Å². The van der Waals surface area contributed by atoms with Crippen LogP contribution >= 0.6 is 0 Å². The van der Waals surface area contributed by atoms with E-state index in [1.165, 1.54) is 38.4 Å². The summed E-state index contributed by atoms with van der Waals surface area (Å²) in [5.74, 6) is 0. The second-order valence-corrected chi connectivity index (χ2v) is 15.4. The van der Waals surface area contributed by atoms with Crippen molar-refractivity contribution in [3.8, 4) is 11.1 Å². The maximum atomic E-state index is 6.31. The molecule has 0 amide bonds. The third-order valence-electron chi connectivity index (χ3n) is 11.8. The lowest BCUT2D eigenvalue weighted by Crippen LogP contribution is -2.17. The molecule has 3 nitrogen and oxygen atoms in total. The molecule has 0 unspecified atom stereocenters. The van der Waals surface area contributed by atoms with Crippen molar-refractivity contribution in [3.05, 3.63) is 205 Å². The fourth-order valence-corrected chi connectivity index (χ4v) is 9.05. The minimum absolute atomic E-state index is 0.134. The Kier molecular flexibility index (Phi) is 7.20. The Labute approximate surface area is 326 Å². The van der Waals surface area contributed by atoms with Crippen molar-refractivity contribution in [2.75, 3.05) is 9.80 Å². The summed E-state index contributed by atoms with van der Waals surface area (Å²) in [6.07, 6.45) is 0. The van der Waals surface area contributed by atoms with Crippen LogP contribution in [0.2, 0.25) is 0 Å². The normalized spacial score (nSPS) is 13.0. The standard InChI is InChI=1S/C53H38N2O/c1-53(2)49-22-11-9-20-43(49)44-29-28-42(33-50(44)53)55(40-19-13-18-39(31-40)54(37-14-5-3-6-15-37)38-16-7-4-8-17-38)41-27-26-35-24-25-36-30-52-48(34-47(36)46(35)32-41)45-21-10-12-23-51(45)56-52/h3-34H,1-2H3. The fraction of sp³-hybridized carbons (Fsp3) is 0.0566. The zero-order valence-corrected chi connectivity index (χ0v) is 31.3. The molecular weight excluding hydrogens is 681 g/mol. The van der Waals surface area contributed by atoms with Gasteiger partial charge in [0.15, 0.2) is 0 Å². The fourth-order valence-electron chi connectivity index (χ4n) is 9.05. The Balaban J connectivity index is 1.14. The van der Waals surface area contributed by atoms with E-state index in [0.29, 0.717) is 0 Å². The lowest BCUT2D eigenvalue weighted by Gasteiger charge is -2.30. The first-order chi connectivity index (χ1) is 27.5. The molecule has 1 aliphatic rings. The molecule has 9 aromatic carbocycles. The van der Waals surface area contributed by atoms with Gasteiger partial charge < -0.3 is 14.2 Å². The summed E-state index contributed by atoms with van der Waals surface area (Å²) in [7, 11) is 0. The van der Waals surface area contributed by atoms with Gasteiger partial charge in [-0.3, -0.25) is 0 Å². The maximum Gasteiger partial charge on any atom is 0.136 e. The molecule has 11 rings (SSSR count). The van der Waals surface area contributed by atoms with Gasteiger partial charge in [0.1, 0.15) is 11.2 Å². The summed E-state index contributed by atoms with van der Waals surface area (Å²) in [5, 5.41) is 7.05. The van der Waals surface area contributed by atoms with Crippen LogP contribution in [-0.4, -0.2) is 0 Å². The summed E-state index contributed by atoms with van der Waals surface area (Å²) in [4.78, 5) is 4.76. The average Bonchev–Trinajstić information content (AvgIpc) is 3.72. The monoisotopic (exact) mass is 718 g/mol. The van der Waals surface area contributed by atoms with Crippen molar-refractivity contribution in [1.82, 2.24) is 0 Å². The second-order valence-electron chi connectivity index (χ2n) is 15.4. The molecule has 0 saturated heterocycles. The smallest absolute Gasteiger partial charge is 0.136 e. The van der Waals surface area contributed by atoms with Gasteiger partial charge in [0.25, 0.3) is 0 Å². The van der Waals surface area contributed by atoms with Gasteiger partial charge >= 0.3 is 0 Å². The van der Waals surface area contributed by atoms with Gasteiger partial charge in [-0.15, -0.1) is 0 Å². The van der Waals surface area contributed by atoms with E-state index in [1.807, 2.05) is 6.07 Å². The van der Waals surface area contributed by atoms with Crippen LogP contribution in [0.3, 0.4) is 0 Å². The van der Waals surface area contributed by atoms with E-state index < -0.39 is 0 Å². The van der Waals surface area contributed by atoms with Crippen LogP contribution in [0, 0.1) is 0 Å². The molecule has 0 fully saturated rings. The molecule has 0 aliphatic heterocycles. The van der Waals surface area contributed by atoms with Crippen molar-refractivity contribution in [1.29, 1.82) is 0 Å². The van der Waals surface area contributed by atoms with Crippen LogP contribution in [0.1, 0.15) is 25.0 Å². The number of benzene rings is 9. The van der Waals surface area contributed by atoms with Gasteiger partial charge in [0.05, 0.1) is 0 Å². The van der Waals surface area contributed by atoms with E-state index in [2.05, 4.69) is 212 Å². The van der Waals surface area contributed by atoms with Gasteiger partial charge in [-0.2, -0.15) is 0 Å². The third-order valence-corrected chi connectivity index (χ3v) is 11.8. The Morgan fingerprint density at radius 1 is 0.339 bits per heavy atom. The van der Waals surface area contributed by atoms with E-state index in [0.717, 1.165) is 61.4 Å². The van der Waals surface area contributed by atoms with Crippen LogP contribution in [-0.2, 0) is 5.41 Å². The molecule has 10 aromatic rings. The molecule has 0 spiro atoms. The lowest BCUT2D eigenvalue weighted by atomic mass is 9.82. The molecule has 0 saturated carbocycles. The van der Waals surface area contributed by atoms with Crippen LogP contribution in [0.15, 0.2) is 199 Å². The largest absolute Gasteiger partial charge is 0.456 e. The molecule has 56 heavy (non-hydrogen) atoms. The predicted octanol–water partition coefficient (Wildman–Crippen LogP) is 15.1. The maximum absolute atomic E-state index is 6.31. The predicted molar refractivity (Wildman–Crippen MR) is 236 cm³/mol. The van der Waals surface area contributed by atoms with Gasteiger partial charge in [0.2, 0.25) is 0 Å². The molecule has 0 bridgehead atoms. The highest BCUT2D eigenvalue weighted by Gasteiger charge is 2.35. The van der Waals surface area contributed by atoms with Crippen molar-refractivity contribution < 1.29 is 4.42 Å². The Bertz CT molecular complexity index is 3080. The molecule has 0 atom stereocenters. The molecular formula is C53H38N2O. The number of para-hydroxylation sites is 3. The number of hydrogen-bond donors (Lipinski definition) is 0. The Morgan fingerprint density at radius 3 is 1.68 bits per heavy atom. The summed E-state index contributed by atoms with van der Waals surface area (Å²) >= 11 is 0. The molecule has 0 N–H and O–H groups in total. The summed E-state index contributed by atoms with van der Waals surface area (Å²) in [5.41, 5.74) is 13.6. The van der Waals surface area contributed by atoms with Gasteiger partial charge in [-0.1, -0.05) is 123 Å². The zero-order chi connectivity index (χ0) is 37.4. The molecule has 0 radical (unpaired) electrons. The lowest BCUT2D eigenvalue weighted by molar-refractivity contribution is 0.660. The molecule has 3 heteroatoms. The average molecular weight is 719 g/mol. The Hall–Kier alpha value is -7.10. The number of hydrogen-bond acceptors (Lipinski definition) is 3. The topological polar surface area (TPSA) is 19.6 Å². The number of rotatable bonds is 6. The van der Waals surface area contributed by atoms with E-state index in [9.17, 15) is 0 Å². The van der Waals surface area contributed by atoms with Crippen LogP contribution < -0.4 is 9.80 Å². The van der Waals surface area contributed by atoms with Crippen molar-refractivity contribution in [2.45, 2.75) is 19.3 Å². The third kappa shape index (κ3) is 5.05. The van der Waals surface area contributed by atoms with E-state index >= 15 is 0 Å². The molecule has 1 aromatic heterocycles. The van der Waals surface area contributed by atoms with Crippen molar-refractivity contribution >= 4 is 77.6 Å². The Morgan fingerprint density at radius 2 is 0.893 bits per heavy atom. The second kappa shape index (κ2) is 12.5. The van der Waals surface area contributed by atoms with Crippen molar-refractivity contribution in [2.24, 2.45) is 0 Å². The first-order valence-electron chi connectivity index (χ1n) is 19.3. The quantitative estimate of drug-likeness (QED) is 0.160. The summed E-state index contributed by atoms with van der Waals surface area (Å²) in [6, 6.07) is 70.3. The number of fused-ring (bicyclic) bond motifs is 9. The van der Waals surface area contributed by atoms with E-state index in [1.54, 1.807) is 0 Å². The SMILES string of the molecule is CC1(C)c2ccccc2-c2ccc(N(c3cccc(N(c4ccccc4)c4ccccc4)c3)c3ccc4ccc5cc6oc7ccccc7c6cc5c4c3)cc21. The molecule has 1 aliphatic carbocycles. The van der Waals surface area contributed by atoms with Crippen molar-refractivity contribution in [3.63, 3.8) is 0 Å². The van der Waals surface area contributed by atoms with Gasteiger partial charge in [0, 0.05) is 50.3 Å². The summed E-state index contributed by atoms with van der Waals surface area (Å²) < 4.78 is 6.31. The molecule has 1 heterocycles. The highest BCUT2D eigenvalue weighted by atomic mass is 16.3. The first-order valence-corrected chi connectivity index (χ1v) is 19.3. The first kappa shape index (κ1) is 32.3. The minimum atomic E-state index is -0.134. The van der Waals surface area contributed by atoms with Crippen LogP contribution in [0.5, 0.6) is 0 Å². The van der Waals surface area contributed by atoms with Crippen LogP contribution in [0.4, 0.5) is 34.1 Å². The highest BCUT2D eigenvalue weighted by Crippen LogP contribution is 2.51. The molecule has 266 valence electrons. The number of furan rings is 1. The van der Waals surface area contributed by atoms with E-state index in [4.69, 9.17) is 4.42 Å². The zero-order valence-electron chi connectivity index (χ0n) is 31.3. The minimum Gasteiger partial charge on any atom is -0.456 e. The van der Waals surface area contributed by atoms with E-state index in [-0.39, 0.29) is 5.41 Å². The number of nitrogens with zero attached hydrogens (tertiary/aromatic N) is 2.